The summed E-state index contributed by atoms with van der Waals surface area (Å²) in [5.74, 6) is 0.222. The summed E-state index contributed by atoms with van der Waals surface area (Å²) in [4.78, 5) is 17.6. The van der Waals surface area contributed by atoms with Gasteiger partial charge in [0.2, 0.25) is 0 Å². The smallest absolute Gasteiger partial charge is 0.320 e. The van der Waals surface area contributed by atoms with Gasteiger partial charge < -0.3 is 19.9 Å². The number of amides is 2. The van der Waals surface area contributed by atoms with E-state index in [1.54, 1.807) is 0 Å². The second-order valence-corrected chi connectivity index (χ2v) is 8.84. The van der Waals surface area contributed by atoms with Crippen molar-refractivity contribution < 1.29 is 9.53 Å². The van der Waals surface area contributed by atoms with E-state index in [4.69, 9.17) is 16.3 Å². The van der Waals surface area contributed by atoms with Crippen molar-refractivity contribution in [2.24, 2.45) is 0 Å². The number of nitrogens with zero attached hydrogens (tertiary/aromatic N) is 2. The van der Waals surface area contributed by atoms with E-state index in [9.17, 15) is 4.79 Å². The van der Waals surface area contributed by atoms with Crippen LogP contribution in [0.5, 0.6) is 0 Å². The fourth-order valence-corrected chi connectivity index (χ4v) is 5.84. The second kappa shape index (κ2) is 7.26. The number of fused-ring (bicyclic) bond motifs is 2. The van der Waals surface area contributed by atoms with Gasteiger partial charge in [-0.05, 0) is 62.9 Å². The van der Waals surface area contributed by atoms with Crippen LogP contribution < -0.4 is 5.32 Å². The van der Waals surface area contributed by atoms with Crippen molar-refractivity contribution in [1.29, 1.82) is 0 Å². The molecule has 5 rings (SSSR count). The van der Waals surface area contributed by atoms with E-state index in [-0.39, 0.29) is 24.1 Å². The van der Waals surface area contributed by atoms with Gasteiger partial charge in [-0.3, -0.25) is 0 Å². The molecule has 4 saturated heterocycles. The largest absolute Gasteiger partial charge is 0.374 e. The van der Waals surface area contributed by atoms with Crippen molar-refractivity contribution >= 4 is 17.6 Å². The number of ether oxygens (including phenoxy) is 1. The molecule has 0 aliphatic carbocycles. The van der Waals surface area contributed by atoms with Crippen LogP contribution in [0.1, 0.15) is 43.6 Å². The zero-order valence-electron chi connectivity index (χ0n) is 15.6. The molecule has 4 aliphatic rings. The highest BCUT2D eigenvalue weighted by atomic mass is 35.5. The first-order valence-electron chi connectivity index (χ1n) is 10.4. The van der Waals surface area contributed by atoms with Crippen LogP contribution in [-0.4, -0.2) is 66.3 Å². The zero-order valence-corrected chi connectivity index (χ0v) is 16.4. The normalized spacial score (nSPS) is 34.5. The molecule has 0 radical (unpaired) electrons. The third kappa shape index (κ3) is 3.24. The lowest BCUT2D eigenvalue weighted by molar-refractivity contribution is -0.0423. The Kier molecular flexibility index (Phi) is 4.78. The van der Waals surface area contributed by atoms with Crippen molar-refractivity contribution in [2.75, 3.05) is 26.2 Å². The van der Waals surface area contributed by atoms with Crippen LogP contribution in [-0.2, 0) is 4.74 Å². The molecule has 4 unspecified atom stereocenters. The molecule has 4 atom stereocenters. The maximum Gasteiger partial charge on any atom is 0.320 e. The van der Waals surface area contributed by atoms with Crippen LogP contribution >= 0.6 is 11.6 Å². The molecule has 146 valence electrons. The molecule has 1 N–H and O–H groups in total. The molecule has 0 spiro atoms. The highest BCUT2D eigenvalue weighted by molar-refractivity contribution is 6.30. The van der Waals surface area contributed by atoms with Crippen LogP contribution in [0.4, 0.5) is 4.79 Å². The summed E-state index contributed by atoms with van der Waals surface area (Å²) in [7, 11) is 0. The SMILES string of the molecule is O=C1N(C2CCNCC2)CCN1C1CC2CCC(O2)C1c1cccc(Cl)c1. The van der Waals surface area contributed by atoms with E-state index in [2.05, 4.69) is 27.2 Å². The Balaban J connectivity index is 1.41. The number of piperidine rings is 1. The average Bonchev–Trinajstić information content (AvgIpc) is 3.25. The molecule has 6 heteroatoms. The minimum absolute atomic E-state index is 0.202. The zero-order chi connectivity index (χ0) is 18.4. The third-order valence-corrected chi connectivity index (χ3v) is 7.15. The first-order chi connectivity index (χ1) is 13.2. The quantitative estimate of drug-likeness (QED) is 0.863. The van der Waals surface area contributed by atoms with Gasteiger partial charge in [-0.25, -0.2) is 4.79 Å². The molecule has 4 aliphatic heterocycles. The first kappa shape index (κ1) is 17.8. The van der Waals surface area contributed by atoms with Crippen LogP contribution in [0.3, 0.4) is 0 Å². The summed E-state index contributed by atoms with van der Waals surface area (Å²) in [5, 5.41) is 4.16. The number of carbonyl (C=O) groups excluding carboxylic acids is 1. The molecule has 1 aromatic carbocycles. The van der Waals surface area contributed by atoms with Gasteiger partial charge in [0.25, 0.3) is 0 Å². The molecule has 4 fully saturated rings. The molecule has 2 amide bonds. The molecule has 0 aromatic heterocycles. The first-order valence-corrected chi connectivity index (χ1v) is 10.8. The van der Waals surface area contributed by atoms with Gasteiger partial charge in [0.1, 0.15) is 0 Å². The predicted molar refractivity (Wildman–Crippen MR) is 105 cm³/mol. The maximum absolute atomic E-state index is 13.3. The minimum atomic E-state index is 0.202. The predicted octanol–water partition coefficient (Wildman–Crippen LogP) is 3.23. The molecule has 2 bridgehead atoms. The van der Waals surface area contributed by atoms with Crippen molar-refractivity contribution in [3.63, 3.8) is 0 Å². The monoisotopic (exact) mass is 389 g/mol. The van der Waals surface area contributed by atoms with E-state index < -0.39 is 0 Å². The van der Waals surface area contributed by atoms with Crippen LogP contribution in [0.25, 0.3) is 0 Å². The van der Waals surface area contributed by atoms with Crippen LogP contribution in [0, 0.1) is 0 Å². The maximum atomic E-state index is 13.3. The minimum Gasteiger partial charge on any atom is -0.374 e. The molecule has 1 aromatic rings. The number of nitrogens with one attached hydrogen (secondary N) is 1. The van der Waals surface area contributed by atoms with Crippen LogP contribution in [0.2, 0.25) is 5.02 Å². The Morgan fingerprint density at radius 1 is 1.07 bits per heavy atom. The lowest BCUT2D eigenvalue weighted by Crippen LogP contribution is -2.51. The van der Waals surface area contributed by atoms with Crippen molar-refractivity contribution in [1.82, 2.24) is 15.1 Å². The van der Waals surface area contributed by atoms with E-state index in [0.29, 0.717) is 12.1 Å². The fourth-order valence-electron chi connectivity index (χ4n) is 5.64. The fraction of sp³-hybridized carbons (Fsp3) is 0.667. The Labute approximate surface area is 166 Å². The second-order valence-electron chi connectivity index (χ2n) is 8.41. The van der Waals surface area contributed by atoms with Gasteiger partial charge in [-0.1, -0.05) is 23.7 Å². The summed E-state index contributed by atoms with van der Waals surface area (Å²) in [6, 6.07) is 8.99. The van der Waals surface area contributed by atoms with Crippen molar-refractivity contribution in [3.8, 4) is 0 Å². The van der Waals surface area contributed by atoms with E-state index in [1.165, 1.54) is 5.56 Å². The van der Waals surface area contributed by atoms with Gasteiger partial charge in [0.05, 0.1) is 12.2 Å². The highest BCUT2D eigenvalue weighted by Crippen LogP contribution is 2.45. The Bertz CT molecular complexity index is 708. The number of benzene rings is 1. The third-order valence-electron chi connectivity index (χ3n) is 6.92. The van der Waals surface area contributed by atoms with Crippen molar-refractivity contribution in [3.05, 3.63) is 34.9 Å². The number of urea groups is 1. The Morgan fingerprint density at radius 3 is 2.70 bits per heavy atom. The molecule has 5 nitrogen and oxygen atoms in total. The van der Waals surface area contributed by atoms with Gasteiger partial charge in [-0.15, -0.1) is 0 Å². The summed E-state index contributed by atoms with van der Waals surface area (Å²) >= 11 is 6.29. The summed E-state index contributed by atoms with van der Waals surface area (Å²) in [5.41, 5.74) is 1.21. The number of hydrogen-bond donors (Lipinski definition) is 1. The molecule has 27 heavy (non-hydrogen) atoms. The number of carbonyl (C=O) groups is 1. The van der Waals surface area contributed by atoms with E-state index >= 15 is 0 Å². The number of hydrogen-bond acceptors (Lipinski definition) is 3. The summed E-state index contributed by atoms with van der Waals surface area (Å²) in [6.45, 7) is 3.73. The molecular formula is C21H28ClN3O2. The topological polar surface area (TPSA) is 44.8 Å². The van der Waals surface area contributed by atoms with Crippen LogP contribution in [0.15, 0.2) is 24.3 Å². The molecular weight excluding hydrogens is 362 g/mol. The van der Waals surface area contributed by atoms with Gasteiger partial charge >= 0.3 is 6.03 Å². The summed E-state index contributed by atoms with van der Waals surface area (Å²) in [6.07, 6.45) is 5.77. The Hall–Kier alpha value is -1.30. The summed E-state index contributed by atoms with van der Waals surface area (Å²) < 4.78 is 6.27. The standard InChI is InChI=1S/C21H28ClN3O2/c22-15-3-1-2-14(12-15)20-18(13-17-4-5-19(20)27-17)25-11-10-24(21(25)26)16-6-8-23-9-7-16/h1-3,12,16-20,23H,4-11,13H2. The molecule has 4 heterocycles. The lowest BCUT2D eigenvalue weighted by Gasteiger charge is -2.42. The van der Waals surface area contributed by atoms with E-state index in [0.717, 1.165) is 63.3 Å². The Morgan fingerprint density at radius 2 is 1.89 bits per heavy atom. The average molecular weight is 390 g/mol. The highest BCUT2D eigenvalue weighted by Gasteiger charge is 2.49. The van der Waals surface area contributed by atoms with Gasteiger partial charge in [0.15, 0.2) is 0 Å². The molecule has 0 saturated carbocycles. The number of halogens is 1. The lowest BCUT2D eigenvalue weighted by atomic mass is 9.83. The van der Waals surface area contributed by atoms with E-state index in [1.807, 2.05) is 12.1 Å². The van der Waals surface area contributed by atoms with Gasteiger partial charge in [0, 0.05) is 36.1 Å². The van der Waals surface area contributed by atoms with Gasteiger partial charge in [-0.2, -0.15) is 0 Å². The van der Waals surface area contributed by atoms with Crippen molar-refractivity contribution in [2.45, 2.75) is 62.3 Å². The number of rotatable bonds is 3.